The zero-order chi connectivity index (χ0) is 20.4. The minimum absolute atomic E-state index is 0.0265. The lowest BCUT2D eigenvalue weighted by molar-refractivity contribution is 0.0884. The Morgan fingerprint density at radius 2 is 1.62 bits per heavy atom. The summed E-state index contributed by atoms with van der Waals surface area (Å²) in [5, 5.41) is 6.10. The van der Waals surface area contributed by atoms with Crippen LogP contribution < -0.4 is 10.6 Å². The molecule has 0 aromatic heterocycles. The van der Waals surface area contributed by atoms with Gasteiger partial charge in [-0.25, -0.2) is 9.18 Å². The molecule has 2 aromatic rings. The number of hydrogen-bond acceptors (Lipinski definition) is 2. The van der Waals surface area contributed by atoms with E-state index in [0.717, 1.165) is 31.2 Å². The predicted molar refractivity (Wildman–Crippen MR) is 109 cm³/mol. The van der Waals surface area contributed by atoms with Crippen LogP contribution in [-0.4, -0.2) is 35.0 Å². The minimum Gasteiger partial charge on any atom is -0.349 e. The first-order chi connectivity index (χ1) is 14.0. The second kappa shape index (κ2) is 8.23. The van der Waals surface area contributed by atoms with E-state index in [4.69, 9.17) is 0 Å². The second-order valence-corrected chi connectivity index (χ2v) is 8.09. The Bertz CT molecular complexity index is 868. The predicted octanol–water partition coefficient (Wildman–Crippen LogP) is 3.77. The van der Waals surface area contributed by atoms with Gasteiger partial charge in [-0.1, -0.05) is 29.8 Å². The van der Waals surface area contributed by atoms with Gasteiger partial charge in [0.05, 0.1) is 0 Å². The van der Waals surface area contributed by atoms with Gasteiger partial charge in [0.15, 0.2) is 0 Å². The van der Waals surface area contributed by atoms with E-state index >= 15 is 0 Å². The summed E-state index contributed by atoms with van der Waals surface area (Å²) in [6.07, 6.45) is 3.43. The molecule has 4 rings (SSSR count). The molecule has 2 aromatic carbocycles. The van der Waals surface area contributed by atoms with Crippen LogP contribution in [0, 0.1) is 12.7 Å². The highest BCUT2D eigenvalue weighted by molar-refractivity contribution is 5.94. The third kappa shape index (κ3) is 4.42. The quantitative estimate of drug-likeness (QED) is 0.828. The molecule has 1 unspecified atom stereocenters. The smallest absolute Gasteiger partial charge is 0.318 e. The number of halogens is 1. The van der Waals surface area contributed by atoms with Gasteiger partial charge in [0.2, 0.25) is 0 Å². The largest absolute Gasteiger partial charge is 0.349 e. The van der Waals surface area contributed by atoms with Gasteiger partial charge in [-0.2, -0.15) is 0 Å². The first-order valence-electron chi connectivity index (χ1n) is 10.2. The van der Waals surface area contributed by atoms with Crippen molar-refractivity contribution in [2.24, 2.45) is 0 Å². The summed E-state index contributed by atoms with van der Waals surface area (Å²) in [5.74, 6) is -0.545. The maximum absolute atomic E-state index is 13.1. The first-order valence-corrected chi connectivity index (χ1v) is 10.2. The Morgan fingerprint density at radius 1 is 1.00 bits per heavy atom. The lowest BCUT2D eigenvalue weighted by Gasteiger charge is -2.39. The van der Waals surface area contributed by atoms with Crippen molar-refractivity contribution in [3.63, 3.8) is 0 Å². The topological polar surface area (TPSA) is 61.4 Å². The molecule has 2 N–H and O–H groups in total. The molecule has 3 amide bonds. The summed E-state index contributed by atoms with van der Waals surface area (Å²) in [6.45, 7) is 2.55. The normalized spacial score (nSPS) is 23.0. The summed E-state index contributed by atoms with van der Waals surface area (Å²) < 4.78 is 13.1. The molecule has 2 aliphatic heterocycles. The molecule has 5 nitrogen and oxygen atoms in total. The molecule has 0 saturated carbocycles. The van der Waals surface area contributed by atoms with E-state index in [-0.39, 0.29) is 35.9 Å². The number of amides is 3. The molecule has 152 valence electrons. The van der Waals surface area contributed by atoms with Crippen molar-refractivity contribution in [1.82, 2.24) is 15.5 Å². The average molecular weight is 395 g/mol. The van der Waals surface area contributed by atoms with Crippen molar-refractivity contribution < 1.29 is 14.0 Å². The van der Waals surface area contributed by atoms with Gasteiger partial charge in [-0.05, 0) is 62.4 Å². The number of nitrogens with one attached hydrogen (secondary N) is 2. The van der Waals surface area contributed by atoms with Gasteiger partial charge in [-0.3, -0.25) is 4.79 Å². The number of benzene rings is 2. The van der Waals surface area contributed by atoms with Gasteiger partial charge in [0, 0.05) is 30.2 Å². The third-order valence-electron chi connectivity index (χ3n) is 5.97. The van der Waals surface area contributed by atoms with E-state index in [9.17, 15) is 14.0 Å². The Morgan fingerprint density at radius 3 is 2.24 bits per heavy atom. The summed E-state index contributed by atoms with van der Waals surface area (Å²) >= 11 is 0. The fourth-order valence-electron chi connectivity index (χ4n) is 4.47. The molecule has 6 heteroatoms. The molecule has 3 atom stereocenters. The zero-order valence-corrected chi connectivity index (χ0v) is 16.5. The number of carbonyl (C=O) groups excluding carboxylic acids is 2. The van der Waals surface area contributed by atoms with Crippen LogP contribution in [0.2, 0.25) is 0 Å². The SMILES string of the molecule is Cc1ccc(CNC(=O)N2[C@@H]3CC[C@H]2CC(NC(=O)c2ccc(F)cc2)C3)cc1. The zero-order valence-electron chi connectivity index (χ0n) is 16.5. The molecular formula is C23H26FN3O2. The Hall–Kier alpha value is -2.89. The first kappa shape index (κ1) is 19.4. The van der Waals surface area contributed by atoms with E-state index in [0.29, 0.717) is 12.1 Å². The molecule has 2 bridgehead atoms. The highest BCUT2D eigenvalue weighted by atomic mass is 19.1. The van der Waals surface area contributed by atoms with Gasteiger partial charge < -0.3 is 15.5 Å². The van der Waals surface area contributed by atoms with Crippen molar-refractivity contribution in [2.45, 2.75) is 57.3 Å². The Kier molecular flexibility index (Phi) is 5.51. The van der Waals surface area contributed by atoms with Gasteiger partial charge >= 0.3 is 6.03 Å². The number of rotatable bonds is 4. The summed E-state index contributed by atoms with van der Waals surface area (Å²) in [6, 6.07) is 14.0. The van der Waals surface area contributed by atoms with E-state index in [1.165, 1.54) is 29.8 Å². The summed E-state index contributed by atoms with van der Waals surface area (Å²) in [4.78, 5) is 27.2. The summed E-state index contributed by atoms with van der Waals surface area (Å²) in [7, 11) is 0. The van der Waals surface area contributed by atoms with Gasteiger partial charge in [0.25, 0.3) is 5.91 Å². The van der Waals surface area contributed by atoms with Gasteiger partial charge in [0.1, 0.15) is 5.82 Å². The molecule has 2 saturated heterocycles. The van der Waals surface area contributed by atoms with Crippen LogP contribution in [0.5, 0.6) is 0 Å². The second-order valence-electron chi connectivity index (χ2n) is 8.09. The lowest BCUT2D eigenvalue weighted by Crippen LogP contribution is -2.54. The lowest BCUT2D eigenvalue weighted by atomic mass is 9.97. The number of carbonyl (C=O) groups is 2. The minimum atomic E-state index is -0.357. The fourth-order valence-corrected chi connectivity index (χ4v) is 4.47. The van der Waals surface area contributed by atoms with Crippen molar-refractivity contribution >= 4 is 11.9 Å². The molecule has 0 spiro atoms. The number of aryl methyl sites for hydroxylation is 1. The van der Waals surface area contributed by atoms with E-state index in [1.54, 1.807) is 0 Å². The molecule has 29 heavy (non-hydrogen) atoms. The van der Waals surface area contributed by atoms with E-state index in [2.05, 4.69) is 10.6 Å². The third-order valence-corrected chi connectivity index (χ3v) is 5.97. The Balaban J connectivity index is 1.32. The van der Waals surface area contributed by atoms with E-state index in [1.807, 2.05) is 36.1 Å². The maximum atomic E-state index is 13.1. The standard InChI is InChI=1S/C23H26FN3O2/c1-15-2-4-16(5-3-15)14-25-23(29)27-20-10-11-21(27)13-19(12-20)26-22(28)17-6-8-18(24)9-7-17/h2-9,19-21H,10-14H2,1H3,(H,25,29)(H,26,28)/t19?,20-,21+. The maximum Gasteiger partial charge on any atom is 0.318 e. The highest BCUT2D eigenvalue weighted by Crippen LogP contribution is 2.35. The van der Waals surface area contributed by atoms with Crippen LogP contribution in [0.4, 0.5) is 9.18 Å². The van der Waals surface area contributed by atoms with Crippen molar-refractivity contribution in [2.75, 3.05) is 0 Å². The van der Waals surface area contributed by atoms with Crippen LogP contribution in [0.15, 0.2) is 48.5 Å². The molecule has 2 fully saturated rings. The van der Waals surface area contributed by atoms with Crippen LogP contribution >= 0.6 is 0 Å². The molecule has 2 heterocycles. The van der Waals surface area contributed by atoms with Crippen molar-refractivity contribution in [3.05, 3.63) is 71.0 Å². The highest BCUT2D eigenvalue weighted by Gasteiger charge is 2.43. The average Bonchev–Trinajstić information content (AvgIpc) is 2.98. The van der Waals surface area contributed by atoms with Crippen molar-refractivity contribution in [1.29, 1.82) is 0 Å². The van der Waals surface area contributed by atoms with Crippen LogP contribution in [0.1, 0.15) is 47.2 Å². The Labute approximate surface area is 170 Å². The number of nitrogens with zero attached hydrogens (tertiary/aromatic N) is 1. The number of piperidine rings is 1. The fraction of sp³-hybridized carbons (Fsp3) is 0.391. The monoisotopic (exact) mass is 395 g/mol. The van der Waals surface area contributed by atoms with Crippen molar-refractivity contribution in [3.8, 4) is 0 Å². The molecule has 0 radical (unpaired) electrons. The molecule has 2 aliphatic rings. The van der Waals surface area contributed by atoms with Crippen LogP contribution in [-0.2, 0) is 6.54 Å². The number of hydrogen-bond donors (Lipinski definition) is 2. The molecular weight excluding hydrogens is 369 g/mol. The van der Waals surface area contributed by atoms with Crippen LogP contribution in [0.25, 0.3) is 0 Å². The van der Waals surface area contributed by atoms with E-state index < -0.39 is 0 Å². The number of urea groups is 1. The number of fused-ring (bicyclic) bond motifs is 2. The van der Waals surface area contributed by atoms with Crippen LogP contribution in [0.3, 0.4) is 0 Å². The molecule has 0 aliphatic carbocycles. The summed E-state index contributed by atoms with van der Waals surface area (Å²) in [5.41, 5.74) is 2.73. The van der Waals surface area contributed by atoms with Gasteiger partial charge in [-0.15, -0.1) is 0 Å².